The minimum atomic E-state index is -5.03. The lowest BCUT2D eigenvalue weighted by Crippen LogP contribution is -2.45. The number of unbranched alkanes of at least 4 members (excludes halogenated alkanes) is 2. The van der Waals surface area contributed by atoms with Crippen LogP contribution in [0.25, 0.3) is 0 Å². The summed E-state index contributed by atoms with van der Waals surface area (Å²) in [4.78, 5) is 52.0. The number of ether oxygens (including phenoxy) is 2. The molecule has 246 valence electrons. The third-order valence-corrected chi connectivity index (χ3v) is 9.49. The molecule has 4 atom stereocenters. The van der Waals surface area contributed by atoms with Crippen LogP contribution in [0.5, 0.6) is 0 Å². The van der Waals surface area contributed by atoms with Gasteiger partial charge in [0, 0.05) is 36.2 Å². The molecule has 13 heteroatoms. The summed E-state index contributed by atoms with van der Waals surface area (Å²) in [6.07, 6.45) is 5.02. The second-order valence-corrected chi connectivity index (χ2v) is 13.6. The Morgan fingerprint density at radius 3 is 2.55 bits per heavy atom. The smallest absolute Gasteiger partial charge is 0.408 e. The van der Waals surface area contributed by atoms with Crippen molar-refractivity contribution in [2.75, 3.05) is 6.54 Å². The minimum absolute atomic E-state index is 0.0167. The van der Waals surface area contributed by atoms with E-state index in [9.17, 15) is 32.1 Å². The number of Topliss-reactive ketones (excluding diaryl/α,β-unsaturated/α-hetero) is 1. The van der Waals surface area contributed by atoms with Crippen molar-refractivity contribution in [2.45, 2.75) is 108 Å². The standard InChI is InChI=1S/C31H45ClN2O9S/c1-2-3-5-13-28(36)43-30(44(39,40)41)24(18-23-14-15-33-29(23)37)19-27(35)26(17-21-9-6-4-7-10-21)34-31(38)42-20-22-11-8-12-25(32)16-22/h8,11-12,16,21,23-24,26,30H,2-7,9-10,13-15,17-20H2,1H3,(H,33,37)(H,34,38)(H,39,40,41)/t23-,24+,26-,30?/m0/s1/i20D2. The van der Waals surface area contributed by atoms with Gasteiger partial charge in [-0.2, -0.15) is 8.42 Å². The summed E-state index contributed by atoms with van der Waals surface area (Å²) >= 11 is 5.98. The fraction of sp³-hybridized carbons (Fsp3) is 0.677. The first-order valence-electron chi connectivity index (χ1n) is 16.4. The Morgan fingerprint density at radius 1 is 1.16 bits per heavy atom. The summed E-state index contributed by atoms with van der Waals surface area (Å²) in [5.74, 6) is -3.74. The number of carbonyl (C=O) groups is 4. The Morgan fingerprint density at radius 2 is 1.91 bits per heavy atom. The number of nitrogens with one attached hydrogen (secondary N) is 2. The summed E-state index contributed by atoms with van der Waals surface area (Å²) in [6, 6.07) is 4.54. The molecule has 44 heavy (non-hydrogen) atoms. The number of carbonyl (C=O) groups excluding carboxylic acids is 4. The van der Waals surface area contributed by atoms with Gasteiger partial charge in [0.1, 0.15) is 6.56 Å². The number of hydrogen-bond donors (Lipinski definition) is 3. The second kappa shape index (κ2) is 17.7. The summed E-state index contributed by atoms with van der Waals surface area (Å²) in [5.41, 5.74) is -2.12. The largest absolute Gasteiger partial charge is 0.445 e. The maximum Gasteiger partial charge on any atom is 0.408 e. The van der Waals surface area contributed by atoms with Crippen LogP contribution >= 0.6 is 11.6 Å². The molecule has 1 unspecified atom stereocenters. The molecule has 0 spiro atoms. The lowest BCUT2D eigenvalue weighted by Gasteiger charge is -2.29. The fourth-order valence-corrected chi connectivity index (χ4v) is 7.00. The van der Waals surface area contributed by atoms with E-state index in [-0.39, 0.29) is 41.7 Å². The van der Waals surface area contributed by atoms with Crippen LogP contribution in [0.4, 0.5) is 4.79 Å². The number of halogens is 1. The maximum absolute atomic E-state index is 13.9. The molecule has 1 saturated heterocycles. The summed E-state index contributed by atoms with van der Waals surface area (Å²) in [7, 11) is -5.03. The Balaban J connectivity index is 1.85. The first-order valence-corrected chi connectivity index (χ1v) is 17.3. The normalized spacial score (nSPS) is 20.4. The number of benzene rings is 1. The molecular weight excluding hydrogens is 612 g/mol. The van der Waals surface area contributed by atoms with E-state index in [0.29, 0.717) is 25.8 Å². The number of alkyl carbamates (subject to hydrolysis) is 1. The lowest BCUT2D eigenvalue weighted by molar-refractivity contribution is -0.149. The first kappa shape index (κ1) is 32.7. The van der Waals surface area contributed by atoms with Crippen molar-refractivity contribution in [1.82, 2.24) is 10.6 Å². The highest BCUT2D eigenvalue weighted by Gasteiger charge is 2.41. The molecular formula is C31H45ClN2O9S. The first-order chi connectivity index (χ1) is 21.7. The third kappa shape index (κ3) is 12.0. The number of ketones is 1. The van der Waals surface area contributed by atoms with Crippen LogP contribution < -0.4 is 10.6 Å². The van der Waals surface area contributed by atoms with Crippen LogP contribution in [0.3, 0.4) is 0 Å². The zero-order chi connectivity index (χ0) is 33.9. The molecule has 1 aromatic carbocycles. The zero-order valence-corrected chi connectivity index (χ0v) is 26.7. The third-order valence-electron chi connectivity index (χ3n) is 8.18. The van der Waals surface area contributed by atoms with E-state index in [2.05, 4.69) is 10.6 Å². The van der Waals surface area contributed by atoms with Crippen molar-refractivity contribution in [3.63, 3.8) is 0 Å². The second-order valence-electron chi connectivity index (χ2n) is 11.7. The number of esters is 1. The SMILES string of the molecule is [2H]C([2H])(OC(=O)N[C@@H](CC1CCCCC1)C(=O)C[C@@H](C[C@@H]1CCNC1=O)C(OC(=O)CCCCC)S(=O)(=O)O)c1cccc(Cl)c1. The predicted octanol–water partition coefficient (Wildman–Crippen LogP) is 5.34. The highest BCUT2D eigenvalue weighted by atomic mass is 35.5. The lowest BCUT2D eigenvalue weighted by atomic mass is 9.82. The van der Waals surface area contributed by atoms with Crippen LogP contribution in [0.2, 0.25) is 5.02 Å². The molecule has 2 amide bonds. The maximum atomic E-state index is 13.9. The van der Waals surface area contributed by atoms with Crippen molar-refractivity contribution >= 4 is 45.5 Å². The molecule has 2 fully saturated rings. The Hall–Kier alpha value is -2.70. The van der Waals surface area contributed by atoms with E-state index in [0.717, 1.165) is 38.5 Å². The van der Waals surface area contributed by atoms with Gasteiger partial charge in [-0.05, 0) is 49.3 Å². The number of amides is 2. The fourth-order valence-electron chi connectivity index (χ4n) is 5.89. The van der Waals surface area contributed by atoms with Gasteiger partial charge in [-0.1, -0.05) is 75.6 Å². The van der Waals surface area contributed by atoms with E-state index in [4.69, 9.17) is 23.8 Å². The molecule has 0 radical (unpaired) electrons. The van der Waals surface area contributed by atoms with Gasteiger partial charge in [-0.25, -0.2) is 4.79 Å². The van der Waals surface area contributed by atoms with Gasteiger partial charge >= 0.3 is 22.2 Å². The Labute approximate surface area is 267 Å². The van der Waals surface area contributed by atoms with Crippen molar-refractivity contribution in [1.29, 1.82) is 0 Å². The van der Waals surface area contributed by atoms with Crippen LogP contribution in [-0.4, -0.2) is 54.7 Å². The van der Waals surface area contributed by atoms with Crippen LogP contribution in [0.15, 0.2) is 24.3 Å². The molecule has 1 aliphatic heterocycles. The van der Waals surface area contributed by atoms with Gasteiger partial charge < -0.3 is 20.1 Å². The van der Waals surface area contributed by atoms with Crippen LogP contribution in [0, 0.1) is 17.8 Å². The Bertz CT molecular complexity index is 1320. The van der Waals surface area contributed by atoms with Crippen molar-refractivity contribution in [3.8, 4) is 0 Å². The number of hydrogen-bond acceptors (Lipinski definition) is 8. The van der Waals surface area contributed by atoms with Gasteiger partial charge in [0.05, 0.1) is 8.78 Å². The highest BCUT2D eigenvalue weighted by molar-refractivity contribution is 7.86. The molecule has 2 aliphatic rings. The van der Waals surface area contributed by atoms with E-state index in [1.54, 1.807) is 0 Å². The molecule has 3 rings (SSSR count). The predicted molar refractivity (Wildman–Crippen MR) is 164 cm³/mol. The van der Waals surface area contributed by atoms with Gasteiger partial charge in [0.2, 0.25) is 11.3 Å². The topological polar surface area (TPSA) is 165 Å². The number of rotatable bonds is 17. The molecule has 1 aromatic rings. The van der Waals surface area contributed by atoms with Gasteiger partial charge in [0.15, 0.2) is 5.78 Å². The Kier molecular flexibility index (Phi) is 13.1. The van der Waals surface area contributed by atoms with Crippen molar-refractivity contribution < 1.29 is 44.4 Å². The summed E-state index contributed by atoms with van der Waals surface area (Å²) < 4.78 is 62.2. The van der Waals surface area contributed by atoms with Crippen LogP contribution in [0.1, 0.15) is 98.7 Å². The van der Waals surface area contributed by atoms with E-state index in [1.165, 1.54) is 24.3 Å². The molecule has 1 aliphatic carbocycles. The highest BCUT2D eigenvalue weighted by Crippen LogP contribution is 2.32. The summed E-state index contributed by atoms with van der Waals surface area (Å²) in [5, 5.41) is 5.38. The average molecular weight is 659 g/mol. The molecule has 1 saturated carbocycles. The van der Waals surface area contributed by atoms with Gasteiger partial charge in [0.25, 0.3) is 0 Å². The monoisotopic (exact) mass is 658 g/mol. The molecule has 3 N–H and O–H groups in total. The van der Waals surface area contributed by atoms with Gasteiger partial charge in [-0.3, -0.25) is 18.9 Å². The van der Waals surface area contributed by atoms with Crippen molar-refractivity contribution in [2.24, 2.45) is 17.8 Å². The molecule has 11 nitrogen and oxygen atoms in total. The average Bonchev–Trinajstić information content (AvgIpc) is 3.39. The van der Waals surface area contributed by atoms with E-state index < -0.39 is 64.3 Å². The molecule has 1 heterocycles. The van der Waals surface area contributed by atoms with Gasteiger partial charge in [-0.15, -0.1) is 0 Å². The quantitative estimate of drug-likeness (QED) is 0.114. The zero-order valence-electron chi connectivity index (χ0n) is 27.1. The van der Waals surface area contributed by atoms with E-state index >= 15 is 0 Å². The van der Waals surface area contributed by atoms with Crippen molar-refractivity contribution in [3.05, 3.63) is 34.9 Å². The minimum Gasteiger partial charge on any atom is -0.445 e. The van der Waals surface area contributed by atoms with Crippen LogP contribution in [-0.2, 0) is 40.5 Å². The summed E-state index contributed by atoms with van der Waals surface area (Å²) in [6.45, 7) is -0.308. The van der Waals surface area contributed by atoms with E-state index in [1.807, 2.05) is 6.92 Å². The molecule has 0 bridgehead atoms. The molecule has 0 aromatic heterocycles.